The molecule has 0 N–H and O–H groups in total. The van der Waals surface area contributed by atoms with Crippen LogP contribution in [0.25, 0.3) is 12.2 Å². The predicted molar refractivity (Wildman–Crippen MR) is 107 cm³/mol. The highest BCUT2D eigenvalue weighted by Crippen LogP contribution is 2.32. The Morgan fingerprint density at radius 1 is 0.964 bits per heavy atom. The summed E-state index contributed by atoms with van der Waals surface area (Å²) in [6, 6.07) is 11.9. The Morgan fingerprint density at radius 2 is 1.64 bits per heavy atom. The van der Waals surface area contributed by atoms with Gasteiger partial charge in [0.25, 0.3) is 5.69 Å². The molecule has 6 heteroatoms. The van der Waals surface area contributed by atoms with Gasteiger partial charge in [-0.05, 0) is 55.2 Å². The summed E-state index contributed by atoms with van der Waals surface area (Å²) >= 11 is 0. The number of carbonyl (C=O) groups is 1. The first-order chi connectivity index (χ1) is 13.5. The van der Waals surface area contributed by atoms with Crippen LogP contribution >= 0.6 is 0 Å². The quantitative estimate of drug-likeness (QED) is 0.422. The standard InChI is InChI=1S/C22H21NO5/c1-27-20-11-10-15(13-21(20)28-2)12-17-7-5-8-18(22(17)24)14-16-6-3-4-9-19(16)23(25)26/h3-4,6,9-14H,5,7-8H2,1-2H3/b17-12+,18-14+. The molecule has 2 aromatic carbocycles. The van der Waals surface area contributed by atoms with E-state index >= 15 is 0 Å². The Labute approximate surface area is 163 Å². The third-order valence-corrected chi connectivity index (χ3v) is 4.69. The first-order valence-corrected chi connectivity index (χ1v) is 8.94. The second kappa shape index (κ2) is 8.52. The largest absolute Gasteiger partial charge is 0.493 e. The first kappa shape index (κ1) is 19.4. The smallest absolute Gasteiger partial charge is 0.276 e. The molecule has 0 unspecified atom stereocenters. The number of nitro benzene ring substituents is 1. The summed E-state index contributed by atoms with van der Waals surface area (Å²) in [5.74, 6) is 1.14. The number of hydrogen-bond donors (Lipinski definition) is 0. The van der Waals surface area contributed by atoms with Crippen molar-refractivity contribution in [3.05, 3.63) is 74.9 Å². The van der Waals surface area contributed by atoms with Crippen LogP contribution in [0.3, 0.4) is 0 Å². The normalized spacial score (nSPS) is 17.0. The molecule has 0 radical (unpaired) electrons. The highest BCUT2D eigenvalue weighted by molar-refractivity contribution is 6.14. The first-order valence-electron chi connectivity index (χ1n) is 8.94. The summed E-state index contributed by atoms with van der Waals surface area (Å²) in [6.07, 6.45) is 5.58. The van der Waals surface area contributed by atoms with Crippen molar-refractivity contribution in [3.63, 3.8) is 0 Å². The van der Waals surface area contributed by atoms with Crippen LogP contribution in [0.2, 0.25) is 0 Å². The highest BCUT2D eigenvalue weighted by Gasteiger charge is 2.22. The molecule has 0 atom stereocenters. The Hall–Kier alpha value is -3.41. The van der Waals surface area contributed by atoms with Crippen LogP contribution in [-0.2, 0) is 4.79 Å². The van der Waals surface area contributed by atoms with Gasteiger partial charge < -0.3 is 9.47 Å². The minimum Gasteiger partial charge on any atom is -0.493 e. The van der Waals surface area contributed by atoms with Gasteiger partial charge in [-0.3, -0.25) is 14.9 Å². The maximum Gasteiger partial charge on any atom is 0.276 e. The number of methoxy groups -OCH3 is 2. The van der Waals surface area contributed by atoms with Crippen molar-refractivity contribution in [2.75, 3.05) is 14.2 Å². The van der Waals surface area contributed by atoms with Crippen molar-refractivity contribution in [1.82, 2.24) is 0 Å². The van der Waals surface area contributed by atoms with Crippen LogP contribution in [0.1, 0.15) is 30.4 Å². The number of nitrogens with zero attached hydrogens (tertiary/aromatic N) is 1. The molecule has 0 spiro atoms. The topological polar surface area (TPSA) is 78.7 Å². The van der Waals surface area contributed by atoms with Gasteiger partial charge in [-0.2, -0.15) is 0 Å². The zero-order valence-electron chi connectivity index (χ0n) is 15.8. The molecule has 1 aliphatic carbocycles. The van der Waals surface area contributed by atoms with Crippen molar-refractivity contribution >= 4 is 23.6 Å². The monoisotopic (exact) mass is 379 g/mol. The van der Waals surface area contributed by atoms with Crippen molar-refractivity contribution in [3.8, 4) is 11.5 Å². The van der Waals surface area contributed by atoms with Crippen LogP contribution < -0.4 is 9.47 Å². The molecule has 28 heavy (non-hydrogen) atoms. The number of ether oxygens (including phenoxy) is 2. The number of nitro groups is 1. The lowest BCUT2D eigenvalue weighted by Gasteiger charge is -2.17. The summed E-state index contributed by atoms with van der Waals surface area (Å²) in [5.41, 5.74) is 2.56. The van der Waals surface area contributed by atoms with E-state index in [0.717, 1.165) is 12.0 Å². The van der Waals surface area contributed by atoms with Crippen LogP contribution in [0, 0.1) is 10.1 Å². The SMILES string of the molecule is COc1ccc(/C=C2\CCC/C(=C\c3ccccc3[N+](=O)[O-])C2=O)cc1OC. The second-order valence-corrected chi connectivity index (χ2v) is 6.45. The number of Topliss-reactive ketones (excluding diaryl/α,β-unsaturated/α-hetero) is 1. The van der Waals surface area contributed by atoms with Crippen molar-refractivity contribution in [1.29, 1.82) is 0 Å². The number of allylic oxidation sites excluding steroid dienone is 2. The zero-order chi connectivity index (χ0) is 20.1. The maximum absolute atomic E-state index is 12.9. The number of rotatable bonds is 5. The molecule has 0 bridgehead atoms. The fourth-order valence-corrected chi connectivity index (χ4v) is 3.29. The molecule has 1 fully saturated rings. The molecule has 0 aliphatic heterocycles. The molecule has 0 saturated heterocycles. The van der Waals surface area contributed by atoms with Gasteiger partial charge in [0.1, 0.15) is 0 Å². The van der Waals surface area contributed by atoms with Crippen LogP contribution in [0.4, 0.5) is 5.69 Å². The van der Waals surface area contributed by atoms with Gasteiger partial charge in [-0.15, -0.1) is 0 Å². The zero-order valence-corrected chi connectivity index (χ0v) is 15.8. The molecule has 0 heterocycles. The molecular weight excluding hydrogens is 358 g/mol. The highest BCUT2D eigenvalue weighted by atomic mass is 16.6. The van der Waals surface area contributed by atoms with Crippen LogP contribution in [0.15, 0.2) is 53.6 Å². The Kier molecular flexibility index (Phi) is 5.89. The van der Waals surface area contributed by atoms with E-state index in [1.165, 1.54) is 6.07 Å². The number of carbonyl (C=O) groups excluding carboxylic acids is 1. The lowest BCUT2D eigenvalue weighted by Crippen LogP contribution is -2.12. The van der Waals surface area contributed by atoms with E-state index in [4.69, 9.17) is 9.47 Å². The third-order valence-electron chi connectivity index (χ3n) is 4.69. The number of para-hydroxylation sites is 1. The summed E-state index contributed by atoms with van der Waals surface area (Å²) in [7, 11) is 3.13. The average Bonchev–Trinajstić information content (AvgIpc) is 2.71. The molecule has 0 amide bonds. The van der Waals surface area contributed by atoms with E-state index in [2.05, 4.69) is 0 Å². The lowest BCUT2D eigenvalue weighted by molar-refractivity contribution is -0.385. The fraction of sp³-hybridized carbons (Fsp3) is 0.227. The Bertz CT molecular complexity index is 975. The molecule has 3 rings (SSSR count). The minimum atomic E-state index is -0.430. The fourth-order valence-electron chi connectivity index (χ4n) is 3.29. The van der Waals surface area contributed by atoms with Crippen molar-refractivity contribution in [2.24, 2.45) is 0 Å². The van der Waals surface area contributed by atoms with E-state index in [9.17, 15) is 14.9 Å². The number of hydrogen-bond acceptors (Lipinski definition) is 5. The van der Waals surface area contributed by atoms with E-state index < -0.39 is 4.92 Å². The molecular formula is C22H21NO5. The van der Waals surface area contributed by atoms with Crippen LogP contribution in [-0.4, -0.2) is 24.9 Å². The van der Waals surface area contributed by atoms with Gasteiger partial charge in [-0.25, -0.2) is 0 Å². The molecule has 2 aromatic rings. The van der Waals surface area contributed by atoms with E-state index in [0.29, 0.717) is 41.1 Å². The average molecular weight is 379 g/mol. The van der Waals surface area contributed by atoms with E-state index in [1.807, 2.05) is 18.2 Å². The Morgan fingerprint density at radius 3 is 2.32 bits per heavy atom. The summed E-state index contributed by atoms with van der Waals surface area (Å²) in [6.45, 7) is 0. The van der Waals surface area contributed by atoms with E-state index in [1.54, 1.807) is 44.6 Å². The summed E-state index contributed by atoms with van der Waals surface area (Å²) in [5, 5.41) is 11.2. The second-order valence-electron chi connectivity index (χ2n) is 6.45. The van der Waals surface area contributed by atoms with Crippen molar-refractivity contribution < 1.29 is 19.2 Å². The third kappa shape index (κ3) is 4.11. The maximum atomic E-state index is 12.9. The molecule has 144 valence electrons. The Balaban J connectivity index is 1.93. The van der Waals surface area contributed by atoms with Gasteiger partial charge in [0.2, 0.25) is 0 Å². The van der Waals surface area contributed by atoms with Gasteiger partial charge in [0, 0.05) is 17.2 Å². The summed E-state index contributed by atoms with van der Waals surface area (Å²) < 4.78 is 10.6. The molecule has 1 saturated carbocycles. The van der Waals surface area contributed by atoms with Crippen molar-refractivity contribution in [2.45, 2.75) is 19.3 Å². The predicted octanol–water partition coefficient (Wildman–Crippen LogP) is 4.83. The molecule has 0 aromatic heterocycles. The molecule has 1 aliphatic rings. The lowest BCUT2D eigenvalue weighted by atomic mass is 9.86. The van der Waals surface area contributed by atoms with E-state index in [-0.39, 0.29) is 11.5 Å². The summed E-state index contributed by atoms with van der Waals surface area (Å²) in [4.78, 5) is 23.7. The minimum absolute atomic E-state index is 0.00112. The van der Waals surface area contributed by atoms with Gasteiger partial charge in [0.15, 0.2) is 17.3 Å². The van der Waals surface area contributed by atoms with Crippen LogP contribution in [0.5, 0.6) is 11.5 Å². The van der Waals surface area contributed by atoms with Gasteiger partial charge in [0.05, 0.1) is 24.7 Å². The van der Waals surface area contributed by atoms with Gasteiger partial charge in [-0.1, -0.05) is 18.2 Å². The van der Waals surface area contributed by atoms with Gasteiger partial charge >= 0.3 is 0 Å². The number of ketones is 1. The number of benzene rings is 2. The molecule has 6 nitrogen and oxygen atoms in total.